The van der Waals surface area contributed by atoms with Gasteiger partial charge in [-0.05, 0) is 23.8 Å². The zero-order valence-electron chi connectivity index (χ0n) is 10.6. The van der Waals surface area contributed by atoms with Gasteiger partial charge < -0.3 is 4.57 Å². The Hall–Kier alpha value is -2.54. The summed E-state index contributed by atoms with van der Waals surface area (Å²) in [4.78, 5) is 26.2. The molecule has 6 nitrogen and oxygen atoms in total. The fourth-order valence-corrected chi connectivity index (χ4v) is 2.18. The third kappa shape index (κ3) is 3.48. The third-order valence-electron chi connectivity index (χ3n) is 2.49. The van der Waals surface area contributed by atoms with Crippen molar-refractivity contribution in [1.29, 1.82) is 0 Å². The summed E-state index contributed by atoms with van der Waals surface area (Å²) in [5.41, 5.74) is 0.721. The Bertz CT molecular complexity index is 726. The second-order valence-corrected chi connectivity index (χ2v) is 4.80. The summed E-state index contributed by atoms with van der Waals surface area (Å²) in [6.07, 6.45) is 4.72. The number of nitro benzene ring substituents is 1. The smallest absolute Gasteiger partial charge is 0.272 e. The molecule has 20 heavy (non-hydrogen) atoms. The molecule has 7 heteroatoms. The molecule has 102 valence electrons. The molecule has 0 saturated carbocycles. The van der Waals surface area contributed by atoms with E-state index >= 15 is 0 Å². The first-order chi connectivity index (χ1) is 9.56. The molecule has 0 N–H and O–H groups in total. The van der Waals surface area contributed by atoms with Crippen LogP contribution in [0.15, 0.2) is 46.9 Å². The minimum absolute atomic E-state index is 0.0174. The predicted octanol–water partition coefficient (Wildman–Crippen LogP) is 2.14. The van der Waals surface area contributed by atoms with E-state index in [-0.39, 0.29) is 11.6 Å². The fourth-order valence-electron chi connectivity index (χ4n) is 1.44. The molecule has 0 saturated heterocycles. The molecule has 0 spiro atoms. The third-order valence-corrected chi connectivity index (χ3v) is 3.34. The number of hydrogen-bond acceptors (Lipinski definition) is 4. The molecule has 0 aliphatic rings. The summed E-state index contributed by atoms with van der Waals surface area (Å²) >= 11 is 1.37. The lowest BCUT2D eigenvalue weighted by molar-refractivity contribution is -0.384. The molecule has 0 radical (unpaired) electrons. The van der Waals surface area contributed by atoms with E-state index in [1.807, 2.05) is 18.6 Å². The van der Waals surface area contributed by atoms with Crippen LogP contribution in [0.1, 0.15) is 5.56 Å². The summed E-state index contributed by atoms with van der Waals surface area (Å²) in [7, 11) is 1.81. The van der Waals surface area contributed by atoms with Crippen LogP contribution in [0.25, 0.3) is 6.08 Å². The average molecular weight is 289 g/mol. The largest absolute Gasteiger partial charge is 0.327 e. The number of nitrogens with zero attached hydrogens (tertiary/aromatic N) is 3. The number of rotatable bonds is 3. The second-order valence-electron chi connectivity index (χ2n) is 3.93. The molecule has 0 fully saturated rings. The lowest BCUT2D eigenvalue weighted by Gasteiger charge is -1.93. The number of aromatic nitrogens is 1. The van der Waals surface area contributed by atoms with Crippen LogP contribution >= 0.6 is 11.3 Å². The summed E-state index contributed by atoms with van der Waals surface area (Å²) in [6.45, 7) is 0. The van der Waals surface area contributed by atoms with Gasteiger partial charge >= 0.3 is 0 Å². The van der Waals surface area contributed by atoms with Gasteiger partial charge in [0.25, 0.3) is 11.6 Å². The number of non-ortho nitro benzene ring substituents is 1. The number of carbonyl (C=O) groups excluding carboxylic acids is 1. The van der Waals surface area contributed by atoms with E-state index < -0.39 is 4.92 Å². The standard InChI is InChI=1S/C13H11N3O3S/c1-15-8-9-20-13(15)14-12(17)7-4-10-2-5-11(6-3-10)16(18)19/h2-9H,1H3/b7-4+,14-13?. The number of aryl methyl sites for hydroxylation is 1. The number of nitro groups is 1. The Labute approximate surface area is 118 Å². The first-order valence-corrected chi connectivity index (χ1v) is 6.55. The zero-order chi connectivity index (χ0) is 14.5. The van der Waals surface area contributed by atoms with Gasteiger partial charge in [0.2, 0.25) is 0 Å². The molecule has 0 aliphatic heterocycles. The molecule has 0 bridgehead atoms. The maximum atomic E-state index is 11.6. The van der Waals surface area contributed by atoms with Gasteiger partial charge in [0.1, 0.15) is 0 Å². The van der Waals surface area contributed by atoms with E-state index in [4.69, 9.17) is 0 Å². The van der Waals surface area contributed by atoms with Gasteiger partial charge in [-0.2, -0.15) is 4.99 Å². The number of benzene rings is 1. The van der Waals surface area contributed by atoms with Gasteiger partial charge in [-0.1, -0.05) is 0 Å². The van der Waals surface area contributed by atoms with Crippen LogP contribution in [0, 0.1) is 10.1 Å². The normalized spacial score (nSPS) is 11.9. The molecule has 1 amide bonds. The summed E-state index contributed by atoms with van der Waals surface area (Å²) in [5, 5.41) is 12.3. The van der Waals surface area contributed by atoms with Crippen molar-refractivity contribution in [3.8, 4) is 0 Å². The van der Waals surface area contributed by atoms with E-state index in [1.54, 1.807) is 22.8 Å². The van der Waals surface area contributed by atoms with Crippen molar-refractivity contribution in [3.05, 3.63) is 62.4 Å². The summed E-state index contributed by atoms with van der Waals surface area (Å²) in [6, 6.07) is 5.93. The Balaban J connectivity index is 2.12. The van der Waals surface area contributed by atoms with E-state index in [0.29, 0.717) is 10.4 Å². The number of thiazole rings is 1. The van der Waals surface area contributed by atoms with Crippen LogP contribution < -0.4 is 4.80 Å². The molecule has 0 atom stereocenters. The van der Waals surface area contributed by atoms with Crippen LogP contribution in [-0.4, -0.2) is 15.4 Å². The van der Waals surface area contributed by atoms with Crippen molar-refractivity contribution in [2.75, 3.05) is 0 Å². The SMILES string of the molecule is Cn1ccsc1=NC(=O)/C=C/c1ccc([N+](=O)[O-])cc1. The number of amides is 1. The van der Waals surface area contributed by atoms with Crippen LogP contribution in [0.2, 0.25) is 0 Å². The van der Waals surface area contributed by atoms with Gasteiger partial charge in [-0.25, -0.2) is 0 Å². The van der Waals surface area contributed by atoms with Crippen molar-refractivity contribution >= 4 is 29.0 Å². The highest BCUT2D eigenvalue weighted by Crippen LogP contribution is 2.12. The fraction of sp³-hybridized carbons (Fsp3) is 0.0769. The van der Waals surface area contributed by atoms with Crippen molar-refractivity contribution < 1.29 is 9.72 Å². The van der Waals surface area contributed by atoms with Gasteiger partial charge in [-0.3, -0.25) is 14.9 Å². The molecular formula is C13H11N3O3S. The number of carbonyl (C=O) groups is 1. The van der Waals surface area contributed by atoms with Crippen molar-refractivity contribution in [2.45, 2.75) is 0 Å². The second kappa shape index (κ2) is 6.07. The quantitative estimate of drug-likeness (QED) is 0.493. The first-order valence-electron chi connectivity index (χ1n) is 5.67. The molecule has 2 aromatic rings. The van der Waals surface area contributed by atoms with Crippen LogP contribution in [0.5, 0.6) is 0 Å². The molecule has 1 aromatic carbocycles. The highest BCUT2D eigenvalue weighted by molar-refractivity contribution is 7.07. The molecule has 0 unspecified atom stereocenters. The van der Waals surface area contributed by atoms with E-state index in [9.17, 15) is 14.9 Å². The van der Waals surface area contributed by atoms with Crippen LogP contribution in [0.4, 0.5) is 5.69 Å². The van der Waals surface area contributed by atoms with Crippen molar-refractivity contribution in [3.63, 3.8) is 0 Å². The Morgan fingerprint density at radius 1 is 1.40 bits per heavy atom. The summed E-state index contributed by atoms with van der Waals surface area (Å²) in [5.74, 6) is -0.374. The van der Waals surface area contributed by atoms with Crippen molar-refractivity contribution in [2.24, 2.45) is 12.0 Å². The lowest BCUT2D eigenvalue weighted by atomic mass is 10.2. The molecule has 2 rings (SSSR count). The molecule has 0 aliphatic carbocycles. The van der Waals surface area contributed by atoms with Gasteiger partial charge in [-0.15, -0.1) is 11.3 Å². The monoisotopic (exact) mass is 289 g/mol. The minimum Gasteiger partial charge on any atom is -0.327 e. The number of hydrogen-bond donors (Lipinski definition) is 0. The topological polar surface area (TPSA) is 77.5 Å². The van der Waals surface area contributed by atoms with Gasteiger partial charge in [0, 0.05) is 36.8 Å². The maximum Gasteiger partial charge on any atom is 0.272 e. The highest BCUT2D eigenvalue weighted by Gasteiger charge is 2.02. The lowest BCUT2D eigenvalue weighted by Crippen LogP contribution is -2.11. The first kappa shape index (κ1) is 13.9. The van der Waals surface area contributed by atoms with Gasteiger partial charge in [0.15, 0.2) is 4.80 Å². The Kier molecular flexibility index (Phi) is 4.21. The average Bonchev–Trinajstić information content (AvgIpc) is 2.82. The van der Waals surface area contributed by atoms with Crippen LogP contribution in [-0.2, 0) is 11.8 Å². The highest BCUT2D eigenvalue weighted by atomic mass is 32.1. The molecule has 1 heterocycles. The van der Waals surface area contributed by atoms with E-state index in [2.05, 4.69) is 4.99 Å². The summed E-state index contributed by atoms with van der Waals surface area (Å²) < 4.78 is 1.75. The van der Waals surface area contributed by atoms with Crippen molar-refractivity contribution in [1.82, 2.24) is 4.57 Å². The van der Waals surface area contributed by atoms with E-state index in [0.717, 1.165) is 0 Å². The van der Waals surface area contributed by atoms with Gasteiger partial charge in [0.05, 0.1) is 4.92 Å². The molecular weight excluding hydrogens is 278 g/mol. The minimum atomic E-state index is -0.467. The van der Waals surface area contributed by atoms with E-state index in [1.165, 1.54) is 29.5 Å². The molecule has 1 aromatic heterocycles. The maximum absolute atomic E-state index is 11.6. The predicted molar refractivity (Wildman–Crippen MR) is 76.0 cm³/mol. The zero-order valence-corrected chi connectivity index (χ0v) is 11.4. The Morgan fingerprint density at radius 3 is 2.65 bits per heavy atom. The van der Waals surface area contributed by atoms with Crippen LogP contribution in [0.3, 0.4) is 0 Å². The Morgan fingerprint density at radius 2 is 2.10 bits per heavy atom.